The lowest BCUT2D eigenvalue weighted by molar-refractivity contribution is -0.553. The van der Waals surface area contributed by atoms with Crippen LogP contribution in [0.4, 0.5) is 0 Å². The van der Waals surface area contributed by atoms with Crippen LogP contribution in [-0.4, -0.2) is 28.0 Å². The Bertz CT molecular complexity index is 395. The summed E-state index contributed by atoms with van der Waals surface area (Å²) >= 11 is 2.05. The fourth-order valence-corrected chi connectivity index (χ4v) is 3.94. The summed E-state index contributed by atoms with van der Waals surface area (Å²) in [6.07, 6.45) is 1.18. The minimum absolute atomic E-state index is 0.667. The van der Waals surface area contributed by atoms with Crippen molar-refractivity contribution in [1.82, 2.24) is 0 Å². The summed E-state index contributed by atoms with van der Waals surface area (Å²) in [5.74, 6) is 1.91. The van der Waals surface area contributed by atoms with Crippen LogP contribution in [0.15, 0.2) is 30.3 Å². The first-order chi connectivity index (χ1) is 8.22. The molecule has 0 N–H and O–H groups in total. The lowest BCUT2D eigenvalue weighted by atomic mass is 10.1. The third kappa shape index (κ3) is 2.92. The molecule has 2 rings (SSSR count). The molecular formula is C15H22NS+. The smallest absolute Gasteiger partial charge is 0.213 e. The first-order valence-electron chi connectivity index (χ1n) is 6.52. The summed E-state index contributed by atoms with van der Waals surface area (Å²) in [6.45, 7) is 8.01. The maximum Gasteiger partial charge on any atom is 0.213 e. The molecule has 0 saturated carbocycles. The van der Waals surface area contributed by atoms with Gasteiger partial charge in [-0.2, -0.15) is 0 Å². The average Bonchev–Trinajstić information content (AvgIpc) is 2.73. The van der Waals surface area contributed by atoms with Gasteiger partial charge in [-0.05, 0) is 12.5 Å². The predicted octanol–water partition coefficient (Wildman–Crippen LogP) is 3.43. The molecule has 0 saturated heterocycles. The normalized spacial score (nSPS) is 20.4. The standard InChI is InChI=1S/C15H22NS/c1-4-16-14(11-17-15(16)12(2)3)10-13-8-6-5-7-9-13/h5-9,12,14H,4,10-11H2,1-3H3/q+1/t14-/m0/s1. The van der Waals surface area contributed by atoms with Crippen LogP contribution >= 0.6 is 11.8 Å². The predicted molar refractivity (Wildman–Crippen MR) is 77.0 cm³/mol. The van der Waals surface area contributed by atoms with Crippen molar-refractivity contribution >= 4 is 16.8 Å². The highest BCUT2D eigenvalue weighted by molar-refractivity contribution is 8.13. The summed E-state index contributed by atoms with van der Waals surface area (Å²) in [5, 5.41) is 1.58. The maximum absolute atomic E-state index is 2.60. The molecule has 1 heterocycles. The van der Waals surface area contributed by atoms with Crippen molar-refractivity contribution in [1.29, 1.82) is 0 Å². The molecule has 1 aliphatic heterocycles. The zero-order valence-electron chi connectivity index (χ0n) is 11.0. The molecule has 1 nitrogen and oxygen atoms in total. The van der Waals surface area contributed by atoms with Crippen LogP contribution in [0.2, 0.25) is 0 Å². The molecule has 92 valence electrons. The molecule has 1 atom stereocenters. The van der Waals surface area contributed by atoms with Crippen molar-refractivity contribution in [3.8, 4) is 0 Å². The van der Waals surface area contributed by atoms with Gasteiger partial charge >= 0.3 is 0 Å². The van der Waals surface area contributed by atoms with Crippen LogP contribution in [0.25, 0.3) is 0 Å². The molecule has 0 fully saturated rings. The van der Waals surface area contributed by atoms with Gasteiger partial charge in [0, 0.05) is 12.3 Å². The zero-order chi connectivity index (χ0) is 12.3. The van der Waals surface area contributed by atoms with Gasteiger partial charge in [-0.1, -0.05) is 55.9 Å². The van der Waals surface area contributed by atoms with Gasteiger partial charge in [0.05, 0.1) is 5.75 Å². The molecule has 1 aromatic rings. The summed E-state index contributed by atoms with van der Waals surface area (Å²) in [7, 11) is 0. The third-order valence-corrected chi connectivity index (χ3v) is 4.85. The Labute approximate surface area is 109 Å². The molecule has 0 radical (unpaired) electrons. The maximum atomic E-state index is 2.60. The highest BCUT2D eigenvalue weighted by Gasteiger charge is 2.33. The molecule has 0 aliphatic carbocycles. The second-order valence-corrected chi connectivity index (χ2v) is 5.97. The Morgan fingerprint density at radius 3 is 2.59 bits per heavy atom. The Hall–Kier alpha value is -0.760. The van der Waals surface area contributed by atoms with E-state index < -0.39 is 0 Å². The minimum atomic E-state index is 0.667. The van der Waals surface area contributed by atoms with Crippen molar-refractivity contribution in [2.45, 2.75) is 33.2 Å². The summed E-state index contributed by atoms with van der Waals surface area (Å²) in [5.41, 5.74) is 1.46. The van der Waals surface area contributed by atoms with Crippen molar-refractivity contribution < 1.29 is 4.58 Å². The van der Waals surface area contributed by atoms with E-state index in [4.69, 9.17) is 0 Å². The summed E-state index contributed by atoms with van der Waals surface area (Å²) < 4.78 is 2.60. The van der Waals surface area contributed by atoms with Gasteiger partial charge in [0.1, 0.15) is 6.54 Å². The molecular weight excluding hydrogens is 226 g/mol. The van der Waals surface area contributed by atoms with Crippen molar-refractivity contribution in [3.63, 3.8) is 0 Å². The van der Waals surface area contributed by atoms with Crippen LogP contribution in [0.3, 0.4) is 0 Å². The molecule has 17 heavy (non-hydrogen) atoms. The minimum Gasteiger partial charge on any atom is -0.224 e. The Morgan fingerprint density at radius 2 is 2.00 bits per heavy atom. The van der Waals surface area contributed by atoms with E-state index >= 15 is 0 Å². The summed E-state index contributed by atoms with van der Waals surface area (Å²) in [4.78, 5) is 0. The number of hydrogen-bond donors (Lipinski definition) is 0. The lowest BCUT2D eigenvalue weighted by Gasteiger charge is -2.10. The van der Waals surface area contributed by atoms with E-state index in [-0.39, 0.29) is 0 Å². The molecule has 0 unspecified atom stereocenters. The fraction of sp³-hybridized carbons (Fsp3) is 0.533. The molecule has 1 aromatic carbocycles. The van der Waals surface area contributed by atoms with Gasteiger partial charge in [0.25, 0.3) is 0 Å². The Balaban J connectivity index is 2.13. The van der Waals surface area contributed by atoms with E-state index in [1.54, 1.807) is 5.04 Å². The lowest BCUT2D eigenvalue weighted by Crippen LogP contribution is -2.29. The van der Waals surface area contributed by atoms with Crippen LogP contribution in [0.5, 0.6) is 0 Å². The number of nitrogens with zero attached hydrogens (tertiary/aromatic N) is 1. The topological polar surface area (TPSA) is 3.01 Å². The van der Waals surface area contributed by atoms with Crippen LogP contribution in [-0.2, 0) is 6.42 Å². The zero-order valence-corrected chi connectivity index (χ0v) is 11.8. The van der Waals surface area contributed by atoms with Gasteiger partial charge < -0.3 is 0 Å². The molecule has 0 spiro atoms. The van der Waals surface area contributed by atoms with E-state index in [1.165, 1.54) is 17.7 Å². The number of likely N-dealkylation sites (N-methyl/N-ethyl adjacent to an activating group) is 1. The van der Waals surface area contributed by atoms with Crippen LogP contribution in [0.1, 0.15) is 26.3 Å². The van der Waals surface area contributed by atoms with Crippen LogP contribution < -0.4 is 0 Å². The molecule has 2 heteroatoms. The van der Waals surface area contributed by atoms with E-state index in [9.17, 15) is 0 Å². The second kappa shape index (κ2) is 5.72. The number of hydrogen-bond acceptors (Lipinski definition) is 1. The second-order valence-electron chi connectivity index (χ2n) is 4.93. The number of thioether (sulfide) groups is 1. The van der Waals surface area contributed by atoms with Gasteiger partial charge in [0.2, 0.25) is 5.04 Å². The highest BCUT2D eigenvalue weighted by atomic mass is 32.2. The Morgan fingerprint density at radius 1 is 1.29 bits per heavy atom. The molecule has 0 aromatic heterocycles. The average molecular weight is 248 g/mol. The molecule has 0 bridgehead atoms. The monoisotopic (exact) mass is 248 g/mol. The van der Waals surface area contributed by atoms with Crippen molar-refractivity contribution in [3.05, 3.63) is 35.9 Å². The largest absolute Gasteiger partial charge is 0.224 e. The first-order valence-corrected chi connectivity index (χ1v) is 7.51. The molecule has 0 amide bonds. The van der Waals surface area contributed by atoms with E-state index in [0.717, 1.165) is 6.54 Å². The molecule has 1 aliphatic rings. The third-order valence-electron chi connectivity index (χ3n) is 3.30. The van der Waals surface area contributed by atoms with E-state index in [1.807, 2.05) is 0 Å². The van der Waals surface area contributed by atoms with Crippen molar-refractivity contribution in [2.24, 2.45) is 5.92 Å². The number of benzene rings is 1. The van der Waals surface area contributed by atoms with E-state index in [2.05, 4.69) is 67.4 Å². The summed E-state index contributed by atoms with van der Waals surface area (Å²) in [6, 6.07) is 11.5. The first kappa shape index (κ1) is 12.7. The Kier molecular flexibility index (Phi) is 4.27. The van der Waals surface area contributed by atoms with Gasteiger partial charge in [-0.3, -0.25) is 0 Å². The van der Waals surface area contributed by atoms with Gasteiger partial charge in [-0.15, -0.1) is 0 Å². The SMILES string of the molecule is CC[N+]1=C(C(C)C)SC[C@@H]1Cc1ccccc1. The van der Waals surface area contributed by atoms with E-state index in [0.29, 0.717) is 12.0 Å². The quantitative estimate of drug-likeness (QED) is 0.738. The number of rotatable bonds is 4. The highest BCUT2D eigenvalue weighted by Crippen LogP contribution is 2.25. The van der Waals surface area contributed by atoms with Crippen molar-refractivity contribution in [2.75, 3.05) is 12.3 Å². The van der Waals surface area contributed by atoms with Gasteiger partial charge in [-0.25, -0.2) is 4.58 Å². The fourth-order valence-electron chi connectivity index (χ4n) is 2.50. The van der Waals surface area contributed by atoms with Gasteiger partial charge in [0.15, 0.2) is 6.04 Å². The van der Waals surface area contributed by atoms with Crippen LogP contribution in [0, 0.1) is 5.92 Å².